The topological polar surface area (TPSA) is 116 Å². The lowest BCUT2D eigenvalue weighted by Gasteiger charge is -2.17. The van der Waals surface area contributed by atoms with Crippen LogP contribution in [0.5, 0.6) is 0 Å². The van der Waals surface area contributed by atoms with Crippen molar-refractivity contribution in [1.29, 1.82) is 0 Å². The summed E-state index contributed by atoms with van der Waals surface area (Å²) in [6.45, 7) is 0. The number of nitrogen functional groups attached to an aromatic ring is 1. The highest BCUT2D eigenvalue weighted by molar-refractivity contribution is 7.90. The summed E-state index contributed by atoms with van der Waals surface area (Å²) >= 11 is 1.45. The van der Waals surface area contributed by atoms with Crippen molar-refractivity contribution in [3.63, 3.8) is 0 Å². The minimum absolute atomic E-state index is 0.0689. The summed E-state index contributed by atoms with van der Waals surface area (Å²) in [6, 6.07) is 7.51. The van der Waals surface area contributed by atoms with Crippen molar-refractivity contribution in [1.82, 2.24) is 5.32 Å². The summed E-state index contributed by atoms with van der Waals surface area (Å²) in [7, 11) is -2.10. The van der Waals surface area contributed by atoms with Crippen LogP contribution < -0.4 is 11.1 Å². The number of thiophene rings is 1. The van der Waals surface area contributed by atoms with Crippen LogP contribution >= 0.6 is 11.3 Å². The summed E-state index contributed by atoms with van der Waals surface area (Å²) in [5, 5.41) is 4.44. The van der Waals surface area contributed by atoms with Crippen LogP contribution in [0.4, 0.5) is 5.69 Å². The Hall–Kier alpha value is -2.39. The van der Waals surface area contributed by atoms with Gasteiger partial charge in [0.15, 0.2) is 0 Å². The van der Waals surface area contributed by atoms with E-state index in [0.29, 0.717) is 16.8 Å². The van der Waals surface area contributed by atoms with Crippen LogP contribution in [0.1, 0.15) is 16.8 Å². The third-order valence-corrected chi connectivity index (χ3v) is 5.52. The average Bonchev–Trinajstić information content (AvgIpc) is 3.11. The number of amides is 1. The molecule has 2 rings (SSSR count). The molecule has 0 aliphatic carbocycles. The van der Waals surface area contributed by atoms with E-state index in [4.69, 9.17) is 5.73 Å². The molecule has 0 saturated carbocycles. The van der Waals surface area contributed by atoms with Crippen LogP contribution in [-0.4, -0.2) is 45.5 Å². The van der Waals surface area contributed by atoms with E-state index in [1.807, 2.05) is 17.5 Å². The fourth-order valence-electron chi connectivity index (χ4n) is 2.35. The first-order valence-corrected chi connectivity index (χ1v) is 10.6. The monoisotopic (exact) mass is 396 g/mol. The van der Waals surface area contributed by atoms with Crippen molar-refractivity contribution in [3.05, 3.63) is 41.3 Å². The van der Waals surface area contributed by atoms with Crippen LogP contribution in [0.25, 0.3) is 10.4 Å². The number of carbonyl (C=O) groups excluding carboxylic acids is 2. The number of sulfone groups is 1. The van der Waals surface area contributed by atoms with Crippen molar-refractivity contribution in [2.75, 3.05) is 24.9 Å². The molecule has 1 amide bonds. The predicted molar refractivity (Wildman–Crippen MR) is 102 cm³/mol. The molecule has 0 radical (unpaired) electrons. The quantitative estimate of drug-likeness (QED) is 0.544. The van der Waals surface area contributed by atoms with Crippen molar-refractivity contribution >= 4 is 38.7 Å². The number of nitrogens with one attached hydrogen (secondary N) is 1. The van der Waals surface area contributed by atoms with E-state index in [1.54, 1.807) is 18.2 Å². The molecule has 2 aromatic rings. The van der Waals surface area contributed by atoms with Gasteiger partial charge >= 0.3 is 5.97 Å². The van der Waals surface area contributed by atoms with E-state index < -0.39 is 27.8 Å². The standard InChI is InChI=1S/C17H20N2O5S2/c1-24-17(21)14(7-9-26(2,22)23)19-16(20)12-6-5-11(18)10-13(12)15-4-3-8-25-15/h3-6,8,10,14H,7,9,18H2,1-2H3,(H,19,20). The van der Waals surface area contributed by atoms with Gasteiger partial charge in [0.25, 0.3) is 5.91 Å². The van der Waals surface area contributed by atoms with Gasteiger partial charge in [-0.3, -0.25) is 4.79 Å². The van der Waals surface area contributed by atoms with E-state index in [-0.39, 0.29) is 12.2 Å². The molecule has 1 unspecified atom stereocenters. The second-order valence-corrected chi connectivity index (χ2v) is 8.96. The first kappa shape index (κ1) is 19.9. The van der Waals surface area contributed by atoms with Crippen LogP contribution in [0, 0.1) is 0 Å². The van der Waals surface area contributed by atoms with Gasteiger partial charge in [0.05, 0.1) is 12.9 Å². The number of ether oxygens (including phenoxy) is 1. The van der Waals surface area contributed by atoms with Crippen LogP contribution in [0.3, 0.4) is 0 Å². The molecule has 0 aliphatic rings. The maximum atomic E-state index is 12.7. The molecular weight excluding hydrogens is 376 g/mol. The zero-order chi connectivity index (χ0) is 19.3. The van der Waals surface area contributed by atoms with Gasteiger partial charge in [-0.05, 0) is 36.1 Å². The molecule has 0 aliphatic heterocycles. The first-order chi connectivity index (χ1) is 12.2. The maximum Gasteiger partial charge on any atom is 0.328 e. The first-order valence-electron chi connectivity index (χ1n) is 7.71. The molecular formula is C17H20N2O5S2. The molecule has 0 saturated heterocycles. The van der Waals surface area contributed by atoms with E-state index in [1.165, 1.54) is 18.4 Å². The van der Waals surface area contributed by atoms with Crippen molar-refractivity contribution in [2.45, 2.75) is 12.5 Å². The number of hydrogen-bond acceptors (Lipinski definition) is 7. The molecule has 9 heteroatoms. The Morgan fingerprint density at radius 3 is 2.62 bits per heavy atom. The SMILES string of the molecule is COC(=O)C(CCS(C)(=O)=O)NC(=O)c1ccc(N)cc1-c1cccs1. The molecule has 0 bridgehead atoms. The zero-order valence-electron chi connectivity index (χ0n) is 14.4. The lowest BCUT2D eigenvalue weighted by atomic mass is 10.0. The van der Waals surface area contributed by atoms with Gasteiger partial charge in [0.2, 0.25) is 0 Å². The number of methoxy groups -OCH3 is 1. The summed E-state index contributed by atoms with van der Waals surface area (Å²) < 4.78 is 27.4. The second kappa shape index (κ2) is 8.33. The third kappa shape index (κ3) is 5.30. The number of nitrogens with two attached hydrogens (primary N) is 1. The lowest BCUT2D eigenvalue weighted by Crippen LogP contribution is -2.42. The van der Waals surface area contributed by atoms with E-state index in [9.17, 15) is 18.0 Å². The molecule has 3 N–H and O–H groups in total. The summed E-state index contributed by atoms with van der Waals surface area (Å²) in [5.74, 6) is -1.44. The second-order valence-electron chi connectivity index (χ2n) is 5.75. The number of carbonyl (C=O) groups is 2. The van der Waals surface area contributed by atoms with Gasteiger partial charge in [-0.25, -0.2) is 13.2 Å². The summed E-state index contributed by atoms with van der Waals surface area (Å²) in [6.07, 6.45) is 0.999. The van der Waals surface area contributed by atoms with Crippen molar-refractivity contribution < 1.29 is 22.7 Å². The van der Waals surface area contributed by atoms with Gasteiger partial charge in [-0.1, -0.05) is 6.07 Å². The Balaban J connectivity index is 2.28. The number of hydrogen-bond donors (Lipinski definition) is 2. The zero-order valence-corrected chi connectivity index (χ0v) is 16.0. The normalized spacial score (nSPS) is 12.4. The minimum Gasteiger partial charge on any atom is -0.467 e. The summed E-state index contributed by atoms with van der Waals surface area (Å²) in [5.41, 5.74) is 7.32. The molecule has 1 heterocycles. The van der Waals surface area contributed by atoms with E-state index >= 15 is 0 Å². The van der Waals surface area contributed by atoms with Crippen LogP contribution in [-0.2, 0) is 19.4 Å². The predicted octanol–water partition coefficient (Wildman–Crippen LogP) is 1.70. The van der Waals surface area contributed by atoms with Gasteiger partial charge in [0.1, 0.15) is 15.9 Å². The number of rotatable bonds is 7. The molecule has 26 heavy (non-hydrogen) atoms. The fourth-order valence-corrected chi connectivity index (χ4v) is 3.78. The molecule has 0 spiro atoms. The Labute approximate surface area is 156 Å². The molecule has 140 valence electrons. The Morgan fingerprint density at radius 1 is 1.31 bits per heavy atom. The minimum atomic E-state index is -3.28. The smallest absolute Gasteiger partial charge is 0.328 e. The molecule has 1 aromatic heterocycles. The van der Waals surface area contributed by atoms with E-state index in [0.717, 1.165) is 11.1 Å². The number of benzene rings is 1. The maximum absolute atomic E-state index is 12.7. The van der Waals surface area contributed by atoms with Gasteiger partial charge in [-0.2, -0.15) is 0 Å². The lowest BCUT2D eigenvalue weighted by molar-refractivity contribution is -0.142. The summed E-state index contributed by atoms with van der Waals surface area (Å²) in [4.78, 5) is 25.5. The average molecular weight is 396 g/mol. The molecule has 7 nitrogen and oxygen atoms in total. The van der Waals surface area contributed by atoms with Gasteiger partial charge in [0, 0.05) is 27.9 Å². The molecule has 0 fully saturated rings. The number of esters is 1. The van der Waals surface area contributed by atoms with E-state index in [2.05, 4.69) is 10.1 Å². The van der Waals surface area contributed by atoms with Crippen LogP contribution in [0.2, 0.25) is 0 Å². The van der Waals surface area contributed by atoms with Crippen molar-refractivity contribution in [3.8, 4) is 10.4 Å². The van der Waals surface area contributed by atoms with Crippen molar-refractivity contribution in [2.24, 2.45) is 0 Å². The van der Waals surface area contributed by atoms with Gasteiger partial charge < -0.3 is 15.8 Å². The third-order valence-electron chi connectivity index (χ3n) is 3.64. The van der Waals surface area contributed by atoms with Gasteiger partial charge in [-0.15, -0.1) is 11.3 Å². The Morgan fingerprint density at radius 2 is 2.04 bits per heavy atom. The largest absolute Gasteiger partial charge is 0.467 e. The number of anilines is 1. The van der Waals surface area contributed by atoms with Crippen LogP contribution in [0.15, 0.2) is 35.7 Å². The Kier molecular flexibility index (Phi) is 6.38. The molecule has 1 aromatic carbocycles. The highest BCUT2D eigenvalue weighted by atomic mass is 32.2. The highest BCUT2D eigenvalue weighted by Crippen LogP contribution is 2.30. The fraction of sp³-hybridized carbons (Fsp3) is 0.294. The highest BCUT2D eigenvalue weighted by Gasteiger charge is 2.25. The molecule has 1 atom stereocenters. The Bertz CT molecular complexity index is 892.